The van der Waals surface area contributed by atoms with Crippen molar-refractivity contribution >= 4 is 23.0 Å². The number of nitrogen functional groups attached to an aromatic ring is 1. The van der Waals surface area contributed by atoms with E-state index in [1.165, 1.54) is 0 Å². The summed E-state index contributed by atoms with van der Waals surface area (Å²) >= 11 is 6.03. The second-order valence-corrected chi connectivity index (χ2v) is 5.50. The number of nitrogens with one attached hydrogen (secondary N) is 1. The van der Waals surface area contributed by atoms with Gasteiger partial charge < -0.3 is 15.8 Å². The van der Waals surface area contributed by atoms with Gasteiger partial charge in [0.05, 0.1) is 6.61 Å². The van der Waals surface area contributed by atoms with Crippen LogP contribution >= 0.6 is 11.6 Å². The van der Waals surface area contributed by atoms with E-state index in [9.17, 15) is 0 Å². The maximum absolute atomic E-state index is 6.03. The molecule has 2 aromatic carbocycles. The first-order valence-corrected chi connectivity index (χ1v) is 7.51. The molecule has 0 heterocycles. The van der Waals surface area contributed by atoms with Gasteiger partial charge in [0.25, 0.3) is 0 Å². The average molecular weight is 305 g/mol. The number of benzene rings is 2. The van der Waals surface area contributed by atoms with E-state index < -0.39 is 0 Å². The topological polar surface area (TPSA) is 47.3 Å². The van der Waals surface area contributed by atoms with Crippen molar-refractivity contribution in [3.8, 4) is 5.75 Å². The van der Waals surface area contributed by atoms with Crippen LogP contribution in [0.4, 0.5) is 11.4 Å². The average Bonchev–Trinajstić information content (AvgIpc) is 2.44. The van der Waals surface area contributed by atoms with Crippen molar-refractivity contribution in [2.24, 2.45) is 0 Å². The van der Waals surface area contributed by atoms with E-state index in [4.69, 9.17) is 22.1 Å². The molecule has 1 atom stereocenters. The minimum Gasteiger partial charge on any atom is -0.493 e. The van der Waals surface area contributed by atoms with Gasteiger partial charge in [0, 0.05) is 34.6 Å². The largest absolute Gasteiger partial charge is 0.493 e. The molecule has 0 aliphatic carbocycles. The molecule has 0 amide bonds. The standard InChI is InChI=1S/C17H21ClN2O/c1-3-7-21-17-10-15(19)9-16(11-17)20-12(2)13-5-4-6-14(18)8-13/h4-6,8-12,20H,3,7,19H2,1-2H3. The molecule has 3 N–H and O–H groups in total. The highest BCUT2D eigenvalue weighted by Gasteiger charge is 2.07. The Hall–Kier alpha value is -1.87. The molecule has 21 heavy (non-hydrogen) atoms. The van der Waals surface area contributed by atoms with Crippen LogP contribution in [0.3, 0.4) is 0 Å². The molecular weight excluding hydrogens is 284 g/mol. The molecule has 0 saturated heterocycles. The second-order valence-electron chi connectivity index (χ2n) is 5.06. The van der Waals surface area contributed by atoms with E-state index in [1.54, 1.807) is 0 Å². The molecule has 0 aliphatic rings. The second kappa shape index (κ2) is 7.23. The molecule has 0 spiro atoms. The molecular formula is C17H21ClN2O. The molecule has 3 nitrogen and oxygen atoms in total. The highest BCUT2D eigenvalue weighted by Crippen LogP contribution is 2.27. The monoisotopic (exact) mass is 304 g/mol. The molecule has 2 rings (SSSR count). The van der Waals surface area contributed by atoms with Crippen LogP contribution in [-0.2, 0) is 0 Å². The maximum atomic E-state index is 6.03. The molecule has 0 radical (unpaired) electrons. The third kappa shape index (κ3) is 4.57. The molecule has 1 unspecified atom stereocenters. The molecule has 0 aliphatic heterocycles. The lowest BCUT2D eigenvalue weighted by Crippen LogP contribution is -2.07. The van der Waals surface area contributed by atoms with E-state index in [2.05, 4.69) is 19.2 Å². The predicted molar refractivity (Wildman–Crippen MR) is 90.1 cm³/mol. The Morgan fingerprint density at radius 3 is 2.76 bits per heavy atom. The molecule has 0 saturated carbocycles. The van der Waals surface area contributed by atoms with Gasteiger partial charge in [-0.05, 0) is 37.1 Å². The number of nitrogens with two attached hydrogens (primary N) is 1. The van der Waals surface area contributed by atoms with Crippen molar-refractivity contribution in [2.75, 3.05) is 17.7 Å². The summed E-state index contributed by atoms with van der Waals surface area (Å²) in [4.78, 5) is 0. The molecule has 0 bridgehead atoms. The number of rotatable bonds is 6. The van der Waals surface area contributed by atoms with E-state index in [1.807, 2.05) is 42.5 Å². The summed E-state index contributed by atoms with van der Waals surface area (Å²) in [5.74, 6) is 0.789. The van der Waals surface area contributed by atoms with E-state index in [0.29, 0.717) is 12.3 Å². The molecule has 0 fully saturated rings. The number of hydrogen-bond acceptors (Lipinski definition) is 3. The van der Waals surface area contributed by atoms with Crippen molar-refractivity contribution in [2.45, 2.75) is 26.3 Å². The lowest BCUT2D eigenvalue weighted by Gasteiger charge is -2.17. The zero-order chi connectivity index (χ0) is 15.2. The minimum absolute atomic E-state index is 0.129. The maximum Gasteiger partial charge on any atom is 0.123 e. The van der Waals surface area contributed by atoms with Gasteiger partial charge in [-0.15, -0.1) is 0 Å². The quantitative estimate of drug-likeness (QED) is 0.747. The Balaban J connectivity index is 2.13. The third-order valence-electron chi connectivity index (χ3n) is 3.13. The Labute approximate surface area is 131 Å². The zero-order valence-electron chi connectivity index (χ0n) is 12.4. The minimum atomic E-state index is 0.129. The van der Waals surface area contributed by atoms with Gasteiger partial charge in [0.1, 0.15) is 5.75 Å². The van der Waals surface area contributed by atoms with Gasteiger partial charge in [-0.25, -0.2) is 0 Å². The number of hydrogen-bond donors (Lipinski definition) is 2. The van der Waals surface area contributed by atoms with Crippen LogP contribution in [0, 0.1) is 0 Å². The van der Waals surface area contributed by atoms with Crippen LogP contribution in [0.25, 0.3) is 0 Å². The van der Waals surface area contributed by atoms with Crippen LogP contribution in [0.1, 0.15) is 31.9 Å². The normalized spacial score (nSPS) is 12.0. The summed E-state index contributed by atoms with van der Waals surface area (Å²) in [6, 6.07) is 13.7. The summed E-state index contributed by atoms with van der Waals surface area (Å²) in [6.45, 7) is 4.85. The highest BCUT2D eigenvalue weighted by molar-refractivity contribution is 6.30. The third-order valence-corrected chi connectivity index (χ3v) is 3.37. The fourth-order valence-corrected chi connectivity index (χ4v) is 2.32. The molecule has 4 heteroatoms. The fourth-order valence-electron chi connectivity index (χ4n) is 2.12. The predicted octanol–water partition coefficient (Wildman–Crippen LogP) is 4.88. The Kier molecular flexibility index (Phi) is 5.34. The number of halogens is 1. The van der Waals surface area contributed by atoms with Gasteiger partial charge >= 0.3 is 0 Å². The van der Waals surface area contributed by atoms with Crippen LogP contribution in [0.5, 0.6) is 5.75 Å². The van der Waals surface area contributed by atoms with Crippen LogP contribution in [-0.4, -0.2) is 6.61 Å². The highest BCUT2D eigenvalue weighted by atomic mass is 35.5. The summed E-state index contributed by atoms with van der Waals surface area (Å²) in [7, 11) is 0. The van der Waals surface area contributed by atoms with Gasteiger partial charge in [-0.2, -0.15) is 0 Å². The molecule has 112 valence electrons. The van der Waals surface area contributed by atoms with Crippen molar-refractivity contribution in [1.82, 2.24) is 0 Å². The van der Waals surface area contributed by atoms with Gasteiger partial charge in [-0.1, -0.05) is 30.7 Å². The van der Waals surface area contributed by atoms with Crippen molar-refractivity contribution < 1.29 is 4.74 Å². The first kappa shape index (κ1) is 15.5. The number of anilines is 2. The van der Waals surface area contributed by atoms with Crippen LogP contribution < -0.4 is 15.8 Å². The number of ether oxygens (including phenoxy) is 1. The van der Waals surface area contributed by atoms with E-state index in [0.717, 1.165) is 28.4 Å². The Morgan fingerprint density at radius 2 is 2.05 bits per heavy atom. The van der Waals surface area contributed by atoms with Crippen LogP contribution in [0.2, 0.25) is 5.02 Å². The first-order chi connectivity index (χ1) is 10.1. The zero-order valence-corrected chi connectivity index (χ0v) is 13.2. The van der Waals surface area contributed by atoms with E-state index in [-0.39, 0.29) is 6.04 Å². The van der Waals surface area contributed by atoms with Gasteiger partial charge in [-0.3, -0.25) is 0 Å². The smallest absolute Gasteiger partial charge is 0.123 e. The Morgan fingerprint density at radius 1 is 1.24 bits per heavy atom. The lowest BCUT2D eigenvalue weighted by atomic mass is 10.1. The van der Waals surface area contributed by atoms with Crippen molar-refractivity contribution in [3.05, 3.63) is 53.1 Å². The summed E-state index contributed by atoms with van der Waals surface area (Å²) < 4.78 is 5.64. The fraction of sp³-hybridized carbons (Fsp3) is 0.294. The summed E-state index contributed by atoms with van der Waals surface area (Å²) in [5, 5.41) is 4.16. The van der Waals surface area contributed by atoms with Crippen molar-refractivity contribution in [3.63, 3.8) is 0 Å². The summed E-state index contributed by atoms with van der Waals surface area (Å²) in [6.07, 6.45) is 0.969. The van der Waals surface area contributed by atoms with Gasteiger partial charge in [0.2, 0.25) is 0 Å². The Bertz CT molecular complexity index is 601. The van der Waals surface area contributed by atoms with Crippen LogP contribution in [0.15, 0.2) is 42.5 Å². The van der Waals surface area contributed by atoms with E-state index >= 15 is 0 Å². The summed E-state index contributed by atoms with van der Waals surface area (Å²) in [5.41, 5.74) is 8.68. The lowest BCUT2D eigenvalue weighted by molar-refractivity contribution is 0.318. The first-order valence-electron chi connectivity index (χ1n) is 7.14. The SMILES string of the molecule is CCCOc1cc(N)cc(NC(C)c2cccc(Cl)c2)c1. The molecule has 2 aromatic rings. The van der Waals surface area contributed by atoms with Crippen molar-refractivity contribution in [1.29, 1.82) is 0 Å². The van der Waals surface area contributed by atoms with Gasteiger partial charge in [0.15, 0.2) is 0 Å². The molecule has 0 aromatic heterocycles.